The molecule has 4 nitrogen and oxygen atoms in total. The number of hydrogen-bond donors (Lipinski definition) is 1. The SMILES string of the molecule is CCNC(=O)C(C)N(Cc1c(Cl)cccc1Cl)C(=O)CSCc1ccccc1. The fourth-order valence-electron chi connectivity index (χ4n) is 2.67. The maximum atomic E-state index is 12.9. The molecule has 0 aliphatic carbocycles. The summed E-state index contributed by atoms with van der Waals surface area (Å²) in [6.45, 7) is 4.25. The molecule has 2 rings (SSSR count). The van der Waals surface area contributed by atoms with Crippen molar-refractivity contribution in [1.82, 2.24) is 10.2 Å². The minimum atomic E-state index is -0.628. The van der Waals surface area contributed by atoms with E-state index in [0.29, 0.717) is 22.2 Å². The molecule has 0 aliphatic heterocycles. The van der Waals surface area contributed by atoms with E-state index in [1.165, 1.54) is 16.7 Å². The van der Waals surface area contributed by atoms with Crippen LogP contribution in [0, 0.1) is 0 Å². The summed E-state index contributed by atoms with van der Waals surface area (Å²) >= 11 is 14.1. The molecular weight excluding hydrogens is 415 g/mol. The highest BCUT2D eigenvalue weighted by atomic mass is 35.5. The van der Waals surface area contributed by atoms with Gasteiger partial charge in [0.1, 0.15) is 6.04 Å². The summed E-state index contributed by atoms with van der Waals surface area (Å²) in [4.78, 5) is 26.9. The van der Waals surface area contributed by atoms with Gasteiger partial charge in [0, 0.05) is 34.5 Å². The van der Waals surface area contributed by atoms with Crippen molar-refractivity contribution in [3.63, 3.8) is 0 Å². The maximum absolute atomic E-state index is 12.9. The molecule has 0 aliphatic rings. The van der Waals surface area contributed by atoms with Crippen LogP contribution in [-0.2, 0) is 21.9 Å². The van der Waals surface area contributed by atoms with Crippen LogP contribution < -0.4 is 5.32 Å². The van der Waals surface area contributed by atoms with Gasteiger partial charge < -0.3 is 10.2 Å². The van der Waals surface area contributed by atoms with E-state index in [4.69, 9.17) is 23.2 Å². The van der Waals surface area contributed by atoms with Gasteiger partial charge in [-0.25, -0.2) is 0 Å². The number of benzene rings is 2. The summed E-state index contributed by atoms with van der Waals surface area (Å²) in [7, 11) is 0. The zero-order valence-electron chi connectivity index (χ0n) is 16.0. The van der Waals surface area contributed by atoms with Crippen LogP contribution in [0.1, 0.15) is 25.0 Å². The van der Waals surface area contributed by atoms with Crippen molar-refractivity contribution in [2.24, 2.45) is 0 Å². The summed E-state index contributed by atoms with van der Waals surface area (Å²) in [5.74, 6) is 0.659. The molecule has 0 spiro atoms. The normalized spacial score (nSPS) is 11.7. The molecule has 28 heavy (non-hydrogen) atoms. The molecule has 2 aromatic carbocycles. The standard InChI is InChI=1S/C21H24Cl2N2O2S/c1-3-24-21(27)15(2)25(12-17-18(22)10-7-11-19(17)23)20(26)14-28-13-16-8-5-4-6-9-16/h4-11,15H,3,12-14H2,1-2H3,(H,24,27). The number of likely N-dealkylation sites (N-methyl/N-ethyl adjacent to an activating group) is 1. The van der Waals surface area contributed by atoms with E-state index in [1.807, 2.05) is 37.3 Å². The molecule has 1 atom stereocenters. The lowest BCUT2D eigenvalue weighted by Gasteiger charge is -2.29. The van der Waals surface area contributed by atoms with Crippen molar-refractivity contribution in [3.8, 4) is 0 Å². The number of nitrogens with one attached hydrogen (secondary N) is 1. The van der Waals surface area contributed by atoms with Gasteiger partial charge in [-0.05, 0) is 31.5 Å². The molecule has 1 unspecified atom stereocenters. The second-order valence-corrected chi connectivity index (χ2v) is 8.07. The first kappa shape index (κ1) is 22.6. The van der Waals surface area contributed by atoms with Crippen LogP contribution in [-0.4, -0.2) is 35.1 Å². The zero-order chi connectivity index (χ0) is 20.5. The van der Waals surface area contributed by atoms with Crippen molar-refractivity contribution < 1.29 is 9.59 Å². The fraction of sp³-hybridized carbons (Fsp3) is 0.333. The van der Waals surface area contributed by atoms with Gasteiger partial charge in [0.15, 0.2) is 0 Å². The molecule has 0 saturated carbocycles. The number of halogens is 2. The molecule has 0 saturated heterocycles. The van der Waals surface area contributed by atoms with Crippen LogP contribution in [0.3, 0.4) is 0 Å². The Morgan fingerprint density at radius 3 is 2.32 bits per heavy atom. The predicted octanol–water partition coefficient (Wildman–Crippen LogP) is 4.78. The highest BCUT2D eigenvalue weighted by Crippen LogP contribution is 2.27. The van der Waals surface area contributed by atoms with Crippen LogP contribution in [0.4, 0.5) is 0 Å². The predicted molar refractivity (Wildman–Crippen MR) is 118 cm³/mol. The van der Waals surface area contributed by atoms with E-state index in [-0.39, 0.29) is 24.1 Å². The van der Waals surface area contributed by atoms with Crippen molar-refractivity contribution in [2.45, 2.75) is 32.2 Å². The number of rotatable bonds is 9. The lowest BCUT2D eigenvalue weighted by atomic mass is 10.1. The first-order chi connectivity index (χ1) is 13.4. The maximum Gasteiger partial charge on any atom is 0.242 e. The molecule has 2 amide bonds. The van der Waals surface area contributed by atoms with Crippen LogP contribution in [0.25, 0.3) is 0 Å². The Kier molecular flexibility index (Phi) is 9.16. The summed E-state index contributed by atoms with van der Waals surface area (Å²) in [6.07, 6.45) is 0. The fourth-order valence-corrected chi connectivity index (χ4v) is 4.06. The third-order valence-electron chi connectivity index (χ3n) is 4.25. The number of carbonyl (C=O) groups is 2. The average Bonchev–Trinajstić information content (AvgIpc) is 2.68. The van der Waals surface area contributed by atoms with E-state index in [9.17, 15) is 9.59 Å². The summed E-state index contributed by atoms with van der Waals surface area (Å²) in [6, 6.07) is 14.5. The second kappa shape index (κ2) is 11.3. The van der Waals surface area contributed by atoms with Crippen molar-refractivity contribution >= 4 is 46.8 Å². The molecule has 2 aromatic rings. The summed E-state index contributed by atoms with van der Waals surface area (Å²) in [5, 5.41) is 3.73. The third-order valence-corrected chi connectivity index (χ3v) is 5.94. The van der Waals surface area contributed by atoms with Crippen LogP contribution in [0.5, 0.6) is 0 Å². The molecule has 0 bridgehead atoms. The summed E-state index contributed by atoms with van der Waals surface area (Å²) < 4.78 is 0. The van der Waals surface area contributed by atoms with Gasteiger partial charge in [-0.15, -0.1) is 11.8 Å². The lowest BCUT2D eigenvalue weighted by molar-refractivity contribution is -0.138. The van der Waals surface area contributed by atoms with E-state index in [1.54, 1.807) is 25.1 Å². The van der Waals surface area contributed by atoms with E-state index >= 15 is 0 Å². The molecule has 150 valence electrons. The minimum Gasteiger partial charge on any atom is -0.355 e. The lowest BCUT2D eigenvalue weighted by Crippen LogP contribution is -2.48. The number of carbonyl (C=O) groups excluding carboxylic acids is 2. The zero-order valence-corrected chi connectivity index (χ0v) is 18.3. The minimum absolute atomic E-state index is 0.129. The van der Waals surface area contributed by atoms with Crippen molar-refractivity contribution in [2.75, 3.05) is 12.3 Å². The Balaban J connectivity index is 2.12. The molecule has 0 heterocycles. The smallest absolute Gasteiger partial charge is 0.242 e. The monoisotopic (exact) mass is 438 g/mol. The average molecular weight is 439 g/mol. The van der Waals surface area contributed by atoms with Gasteiger partial charge in [-0.1, -0.05) is 59.6 Å². The molecular formula is C21H24Cl2N2O2S. The van der Waals surface area contributed by atoms with Crippen LogP contribution in [0.2, 0.25) is 10.0 Å². The Labute approximate surface area is 180 Å². The number of nitrogens with zero attached hydrogens (tertiary/aromatic N) is 1. The van der Waals surface area contributed by atoms with Gasteiger partial charge in [-0.2, -0.15) is 0 Å². The number of thioether (sulfide) groups is 1. The topological polar surface area (TPSA) is 49.4 Å². The van der Waals surface area contributed by atoms with Gasteiger partial charge in [0.2, 0.25) is 11.8 Å². The first-order valence-corrected chi connectivity index (χ1v) is 11.0. The molecule has 0 fully saturated rings. The Morgan fingerprint density at radius 1 is 1.07 bits per heavy atom. The van der Waals surface area contributed by atoms with Crippen molar-refractivity contribution in [3.05, 3.63) is 69.7 Å². The highest BCUT2D eigenvalue weighted by molar-refractivity contribution is 7.99. The number of amides is 2. The van der Waals surface area contributed by atoms with Gasteiger partial charge in [-0.3, -0.25) is 9.59 Å². The van der Waals surface area contributed by atoms with E-state index < -0.39 is 6.04 Å². The largest absolute Gasteiger partial charge is 0.355 e. The van der Waals surface area contributed by atoms with Crippen LogP contribution >= 0.6 is 35.0 Å². The summed E-state index contributed by atoms with van der Waals surface area (Å²) in [5.41, 5.74) is 1.79. The van der Waals surface area contributed by atoms with E-state index in [0.717, 1.165) is 11.3 Å². The third kappa shape index (κ3) is 6.43. The molecule has 0 aromatic heterocycles. The molecule has 1 N–H and O–H groups in total. The highest BCUT2D eigenvalue weighted by Gasteiger charge is 2.27. The Bertz CT molecular complexity index is 782. The van der Waals surface area contributed by atoms with Crippen LogP contribution in [0.15, 0.2) is 48.5 Å². The molecule has 0 radical (unpaired) electrons. The quantitative estimate of drug-likeness (QED) is 0.612. The first-order valence-electron chi connectivity index (χ1n) is 9.05. The van der Waals surface area contributed by atoms with E-state index in [2.05, 4.69) is 5.32 Å². The van der Waals surface area contributed by atoms with Crippen molar-refractivity contribution in [1.29, 1.82) is 0 Å². The van der Waals surface area contributed by atoms with Gasteiger partial charge in [0.25, 0.3) is 0 Å². The van der Waals surface area contributed by atoms with Gasteiger partial charge >= 0.3 is 0 Å². The Morgan fingerprint density at radius 2 is 1.71 bits per heavy atom. The Hall–Kier alpha value is -1.69. The second-order valence-electron chi connectivity index (χ2n) is 6.27. The number of hydrogen-bond acceptors (Lipinski definition) is 3. The van der Waals surface area contributed by atoms with Gasteiger partial charge in [0.05, 0.1) is 5.75 Å². The molecule has 7 heteroatoms.